The van der Waals surface area contributed by atoms with E-state index in [2.05, 4.69) is 0 Å². The Morgan fingerprint density at radius 2 is 0.667 bits per heavy atom. The average Bonchev–Trinajstić information content (AvgIpc) is 1.25. The van der Waals surface area contributed by atoms with E-state index in [1.807, 2.05) is 0 Å². The molecule has 0 atom stereocenters. The maximum Gasteiger partial charge on any atom is 0.503 e. The van der Waals surface area contributed by atoms with Crippen LogP contribution in [0.25, 0.3) is 0 Å². The third-order valence-corrected chi connectivity index (χ3v) is 0. The van der Waals surface area contributed by atoms with Crippen molar-refractivity contribution in [1.82, 2.24) is 12.3 Å². The van der Waals surface area contributed by atoms with Crippen molar-refractivity contribution < 1.29 is 82.4 Å². The van der Waals surface area contributed by atoms with Gasteiger partial charge in [-0.15, -0.1) is 0 Å². The smallest absolute Gasteiger partial charge is 0.450 e. The average molecular weight is 341 g/mol. The second-order valence-corrected chi connectivity index (χ2v) is 0.565. The molecule has 0 rings (SSSR count). The minimum atomic E-state index is -1.83. The first-order chi connectivity index (χ1) is 3.46. The van der Waals surface area contributed by atoms with Crippen LogP contribution in [0.1, 0.15) is 0 Å². The molecule has 0 spiro atoms. The van der Waals surface area contributed by atoms with Gasteiger partial charge in [-0.2, -0.15) is 0 Å². The first-order valence-corrected chi connectivity index (χ1v) is 1.30. The molecule has 0 saturated carbocycles. The zero-order valence-electron chi connectivity index (χ0n) is 6.02. The molecule has 0 heterocycles. The summed E-state index contributed by atoms with van der Waals surface area (Å²) in [6.45, 7) is 0. The van der Waals surface area contributed by atoms with Crippen LogP contribution in [0.4, 0.5) is 9.59 Å². The Balaban J connectivity index is -0.0000000112. The molecule has 72 valence electrons. The molecule has 0 aliphatic rings. The van der Waals surface area contributed by atoms with Crippen LogP contribution >= 0.6 is 0 Å². The molecule has 0 aromatic heterocycles. The molecule has 0 aliphatic heterocycles. The van der Waals surface area contributed by atoms with Crippen molar-refractivity contribution in [2.75, 3.05) is 0 Å². The van der Waals surface area contributed by atoms with Gasteiger partial charge in [-0.05, 0) is 0 Å². The van der Waals surface area contributed by atoms with E-state index in [4.69, 9.17) is 30.0 Å². The van der Waals surface area contributed by atoms with Gasteiger partial charge in [-0.25, -0.2) is 9.59 Å². The van der Waals surface area contributed by atoms with Gasteiger partial charge >= 0.3 is 12.3 Å². The quantitative estimate of drug-likeness (QED) is 0.373. The molecular formula is C2H10N2O6Zr2. The SMILES string of the molecule is N.N.O=C(O)O.O=C(O)O.[Zr].[Zr]. The molecule has 0 amide bonds. The van der Waals surface area contributed by atoms with E-state index in [1.165, 1.54) is 0 Å². The fourth-order valence-electron chi connectivity index (χ4n) is 0. The van der Waals surface area contributed by atoms with Gasteiger partial charge in [0.15, 0.2) is 0 Å². The topological polar surface area (TPSA) is 185 Å². The monoisotopic (exact) mass is 338 g/mol. The fourth-order valence-corrected chi connectivity index (χ4v) is 0. The molecule has 0 aliphatic carbocycles. The summed E-state index contributed by atoms with van der Waals surface area (Å²) >= 11 is 0. The molecule has 12 heavy (non-hydrogen) atoms. The number of carbonyl (C=O) groups is 2. The van der Waals surface area contributed by atoms with Crippen LogP contribution < -0.4 is 12.3 Å². The van der Waals surface area contributed by atoms with E-state index in [1.54, 1.807) is 0 Å². The van der Waals surface area contributed by atoms with Crippen LogP contribution in [0.15, 0.2) is 0 Å². The molecule has 0 radical (unpaired) electrons. The molecule has 0 aromatic rings. The molecule has 0 aromatic carbocycles. The Morgan fingerprint density at radius 1 is 0.667 bits per heavy atom. The normalized spacial score (nSPS) is 4.00. The van der Waals surface area contributed by atoms with Gasteiger partial charge in [0, 0.05) is 52.4 Å². The van der Waals surface area contributed by atoms with Crippen molar-refractivity contribution in [3.8, 4) is 0 Å². The largest absolute Gasteiger partial charge is 0.503 e. The summed E-state index contributed by atoms with van der Waals surface area (Å²) < 4.78 is 0. The summed E-state index contributed by atoms with van der Waals surface area (Å²) in [5.41, 5.74) is 0. The summed E-state index contributed by atoms with van der Waals surface area (Å²) in [6, 6.07) is 0. The molecule has 0 unspecified atom stereocenters. The Hall–Kier alpha value is 0.226. The molecular weight excluding hydrogens is 330 g/mol. The molecule has 10 N–H and O–H groups in total. The van der Waals surface area contributed by atoms with Crippen LogP contribution in [-0.2, 0) is 52.4 Å². The second-order valence-electron chi connectivity index (χ2n) is 0.565. The van der Waals surface area contributed by atoms with Gasteiger partial charge in [0.25, 0.3) is 0 Å². The van der Waals surface area contributed by atoms with Gasteiger partial charge in [0.2, 0.25) is 0 Å². The Bertz CT molecular complexity index is 79.5. The predicted molar refractivity (Wildman–Crippen MR) is 31.4 cm³/mol. The molecule has 8 nitrogen and oxygen atoms in total. The third-order valence-electron chi connectivity index (χ3n) is 0. The van der Waals surface area contributed by atoms with Crippen molar-refractivity contribution in [3.05, 3.63) is 0 Å². The van der Waals surface area contributed by atoms with Gasteiger partial charge in [0.05, 0.1) is 0 Å². The van der Waals surface area contributed by atoms with Crippen LogP contribution in [0.3, 0.4) is 0 Å². The van der Waals surface area contributed by atoms with E-state index in [0.29, 0.717) is 0 Å². The first-order valence-electron chi connectivity index (χ1n) is 1.30. The van der Waals surface area contributed by atoms with E-state index >= 15 is 0 Å². The van der Waals surface area contributed by atoms with Crippen LogP contribution in [-0.4, -0.2) is 32.7 Å². The summed E-state index contributed by atoms with van der Waals surface area (Å²) in [5, 5.41) is 27.9. The van der Waals surface area contributed by atoms with Crippen molar-refractivity contribution in [2.24, 2.45) is 0 Å². The van der Waals surface area contributed by atoms with Crippen LogP contribution in [0, 0.1) is 0 Å². The van der Waals surface area contributed by atoms with Gasteiger partial charge in [0.1, 0.15) is 0 Å². The number of rotatable bonds is 0. The van der Waals surface area contributed by atoms with E-state index in [9.17, 15) is 0 Å². The van der Waals surface area contributed by atoms with Gasteiger partial charge in [-0.3, -0.25) is 0 Å². The van der Waals surface area contributed by atoms with E-state index < -0.39 is 12.3 Å². The Morgan fingerprint density at radius 3 is 0.667 bits per heavy atom. The Kier molecular flexibility index (Phi) is 100. The zero-order valence-corrected chi connectivity index (χ0v) is 10.9. The summed E-state index contributed by atoms with van der Waals surface area (Å²) in [7, 11) is 0. The standard InChI is InChI=1S/2CH2O3.2H3N.2Zr/c2*2-1(3)4;;;;/h2*(H2,2,3,4);2*1H3;;. The number of hydrogen-bond donors (Lipinski definition) is 6. The Labute approximate surface area is 106 Å². The summed E-state index contributed by atoms with van der Waals surface area (Å²) in [4.78, 5) is 17.1. The summed E-state index contributed by atoms with van der Waals surface area (Å²) in [5.74, 6) is 0. The zero-order chi connectivity index (χ0) is 7.15. The van der Waals surface area contributed by atoms with Crippen molar-refractivity contribution in [1.29, 1.82) is 0 Å². The molecule has 10 heteroatoms. The fraction of sp³-hybridized carbons (Fsp3) is 0. The van der Waals surface area contributed by atoms with Crippen molar-refractivity contribution >= 4 is 12.3 Å². The summed E-state index contributed by atoms with van der Waals surface area (Å²) in [6.07, 6.45) is -3.67. The predicted octanol–water partition coefficient (Wildman–Crippen LogP) is 0.764. The third kappa shape index (κ3) is 17000. The minimum Gasteiger partial charge on any atom is -0.450 e. The minimum absolute atomic E-state index is 0. The first kappa shape index (κ1) is 39.7. The van der Waals surface area contributed by atoms with Gasteiger partial charge < -0.3 is 32.7 Å². The number of hydrogen-bond acceptors (Lipinski definition) is 4. The maximum absolute atomic E-state index is 8.56. The second kappa shape index (κ2) is 30.3. The molecule has 0 bridgehead atoms. The van der Waals surface area contributed by atoms with Crippen molar-refractivity contribution in [2.45, 2.75) is 0 Å². The van der Waals surface area contributed by atoms with Crippen LogP contribution in [0.2, 0.25) is 0 Å². The van der Waals surface area contributed by atoms with Crippen LogP contribution in [0.5, 0.6) is 0 Å². The number of carboxylic acid groups (broad SMARTS) is 4. The van der Waals surface area contributed by atoms with E-state index in [0.717, 1.165) is 0 Å². The van der Waals surface area contributed by atoms with Crippen molar-refractivity contribution in [3.63, 3.8) is 0 Å². The van der Waals surface area contributed by atoms with E-state index in [-0.39, 0.29) is 64.7 Å². The molecule has 0 fully saturated rings. The molecule has 0 saturated heterocycles. The maximum atomic E-state index is 8.56. The van der Waals surface area contributed by atoms with Gasteiger partial charge in [-0.1, -0.05) is 0 Å².